The van der Waals surface area contributed by atoms with Crippen molar-refractivity contribution in [2.75, 3.05) is 0 Å². The lowest BCUT2D eigenvalue weighted by Gasteiger charge is -2.57. The predicted octanol–water partition coefficient (Wildman–Crippen LogP) is 4.83. The Labute approximate surface area is 183 Å². The molecule has 4 bridgehead atoms. The number of benzene rings is 2. The van der Waals surface area contributed by atoms with E-state index in [-0.39, 0.29) is 23.2 Å². The lowest BCUT2D eigenvalue weighted by atomic mass is 9.53. The van der Waals surface area contributed by atoms with Gasteiger partial charge in [-0.2, -0.15) is 9.78 Å². The van der Waals surface area contributed by atoms with Gasteiger partial charge in [0.15, 0.2) is 0 Å². The molecule has 2 aromatic carbocycles. The Bertz CT molecular complexity index is 1030. The van der Waals surface area contributed by atoms with Crippen LogP contribution in [0.5, 0.6) is 0 Å². The van der Waals surface area contributed by atoms with Crippen molar-refractivity contribution >= 4 is 11.4 Å². The minimum atomic E-state index is -1.63. The minimum Gasteiger partial charge on any atom is -0.304 e. The van der Waals surface area contributed by atoms with Crippen molar-refractivity contribution in [3.63, 3.8) is 0 Å². The summed E-state index contributed by atoms with van der Waals surface area (Å²) < 4.78 is 6.77. The molecule has 0 atom stereocenters. The third-order valence-corrected chi connectivity index (χ3v) is 7.74. The summed E-state index contributed by atoms with van der Waals surface area (Å²) in [7, 11) is 0. The molecule has 32 heavy (non-hydrogen) atoms. The highest BCUT2D eigenvalue weighted by atomic mass is 17.3. The molecule has 0 N–H and O–H groups in total. The summed E-state index contributed by atoms with van der Waals surface area (Å²) in [5, 5.41) is 22.9. The first-order valence-electron chi connectivity index (χ1n) is 11.0. The molecule has 4 aliphatic carbocycles. The second-order valence-corrected chi connectivity index (χ2v) is 9.53. The van der Waals surface area contributed by atoms with Gasteiger partial charge < -0.3 is 4.74 Å². The molecule has 0 unspecified atom stereocenters. The van der Waals surface area contributed by atoms with Crippen LogP contribution >= 0.6 is 0 Å². The van der Waals surface area contributed by atoms with E-state index in [2.05, 4.69) is 0 Å². The molecule has 9 nitrogen and oxygen atoms in total. The fourth-order valence-corrected chi connectivity index (χ4v) is 6.56. The lowest BCUT2D eigenvalue weighted by Crippen LogP contribution is -2.59. The van der Waals surface area contributed by atoms with Gasteiger partial charge in [0.25, 0.3) is 17.2 Å². The molecule has 0 aromatic heterocycles. The van der Waals surface area contributed by atoms with Gasteiger partial charge in [-0.15, -0.1) is 0 Å². The average molecular weight is 438 g/mol. The summed E-state index contributed by atoms with van der Waals surface area (Å²) in [5.41, 5.74) is 0.506. The molecule has 5 fully saturated rings. The van der Waals surface area contributed by atoms with Gasteiger partial charge in [0.05, 0.1) is 9.85 Å². The van der Waals surface area contributed by atoms with Crippen LogP contribution in [0, 0.1) is 43.9 Å². The van der Waals surface area contributed by atoms with Crippen LogP contribution in [0.2, 0.25) is 0 Å². The first kappa shape index (κ1) is 19.8. The summed E-state index contributed by atoms with van der Waals surface area (Å²) in [6, 6.07) is 12.0. The summed E-state index contributed by atoms with van der Waals surface area (Å²) in [6.45, 7) is 0. The van der Waals surface area contributed by atoms with Crippen LogP contribution in [0.25, 0.3) is 0 Å². The van der Waals surface area contributed by atoms with Crippen molar-refractivity contribution in [2.24, 2.45) is 23.7 Å². The molecule has 7 rings (SSSR count). The van der Waals surface area contributed by atoms with Crippen LogP contribution in [0.3, 0.4) is 0 Å². The summed E-state index contributed by atoms with van der Waals surface area (Å²) >= 11 is 0. The van der Waals surface area contributed by atoms with E-state index in [9.17, 15) is 20.2 Å². The number of nitrogens with zero attached hydrogens (tertiary/aromatic N) is 2. The van der Waals surface area contributed by atoms with Crippen LogP contribution in [0.1, 0.15) is 43.2 Å². The number of ether oxygens (including phenoxy) is 1. The van der Waals surface area contributed by atoms with Gasteiger partial charge in [0.1, 0.15) is 0 Å². The molecule has 1 spiro atoms. The van der Waals surface area contributed by atoms with E-state index in [0.717, 1.165) is 25.7 Å². The van der Waals surface area contributed by atoms with Gasteiger partial charge in [0.2, 0.25) is 5.79 Å². The topological polar surface area (TPSA) is 114 Å². The van der Waals surface area contributed by atoms with Crippen LogP contribution in [-0.2, 0) is 20.3 Å². The van der Waals surface area contributed by atoms with Gasteiger partial charge in [-0.25, -0.2) is 0 Å². The Kier molecular flexibility index (Phi) is 4.21. The highest BCUT2D eigenvalue weighted by molar-refractivity contribution is 5.45. The van der Waals surface area contributed by atoms with Crippen molar-refractivity contribution in [1.82, 2.24) is 0 Å². The molecule has 9 heteroatoms. The molecular formula is C23H22N2O7. The SMILES string of the molecule is O=[N+]([O-])c1cccc(C2(c3cccc([N+](=O)[O-])c3)OOC3(O2)C2CC4CC(C2)CC3C4)c1. The van der Waals surface area contributed by atoms with Crippen molar-refractivity contribution < 1.29 is 24.4 Å². The molecule has 4 saturated carbocycles. The van der Waals surface area contributed by atoms with Gasteiger partial charge in [0, 0.05) is 47.2 Å². The zero-order chi connectivity index (χ0) is 22.1. The molecule has 0 radical (unpaired) electrons. The van der Waals surface area contributed by atoms with E-state index >= 15 is 0 Å². The van der Waals surface area contributed by atoms with Crippen molar-refractivity contribution in [2.45, 2.75) is 43.7 Å². The Hall–Kier alpha value is -2.88. The third kappa shape index (κ3) is 2.74. The fraction of sp³-hybridized carbons (Fsp3) is 0.478. The first-order chi connectivity index (χ1) is 15.4. The molecule has 2 aromatic rings. The number of hydrogen-bond donors (Lipinski definition) is 0. The largest absolute Gasteiger partial charge is 0.304 e. The van der Waals surface area contributed by atoms with E-state index in [0.29, 0.717) is 23.0 Å². The van der Waals surface area contributed by atoms with E-state index in [4.69, 9.17) is 14.5 Å². The molecule has 1 heterocycles. The maximum Gasteiger partial charge on any atom is 0.269 e. The number of hydrogen-bond acceptors (Lipinski definition) is 7. The van der Waals surface area contributed by atoms with Crippen LogP contribution in [0.4, 0.5) is 11.4 Å². The second-order valence-electron chi connectivity index (χ2n) is 9.53. The van der Waals surface area contributed by atoms with Crippen LogP contribution < -0.4 is 0 Å². The van der Waals surface area contributed by atoms with E-state index in [1.54, 1.807) is 24.3 Å². The molecule has 0 amide bonds. The quantitative estimate of drug-likeness (QED) is 0.381. The molecular weight excluding hydrogens is 416 g/mol. The summed E-state index contributed by atoms with van der Waals surface area (Å²) in [5.74, 6) is -0.922. The standard InChI is InChI=1S/C23H22N2O7/c26-24(27)20-5-1-3-16(12-20)22(17-4-2-6-21(13-17)25(28)29)30-23(32-31-22)18-8-14-7-15(10-18)11-19(23)9-14/h1-6,12-15,18-19H,7-11H2. The monoisotopic (exact) mass is 438 g/mol. The van der Waals surface area contributed by atoms with Gasteiger partial charge in [-0.1, -0.05) is 24.3 Å². The molecule has 1 saturated heterocycles. The zero-order valence-electron chi connectivity index (χ0n) is 17.2. The Morgan fingerprint density at radius 2 is 1.25 bits per heavy atom. The number of nitro benzene ring substituents is 2. The van der Waals surface area contributed by atoms with Crippen LogP contribution in [0.15, 0.2) is 48.5 Å². The number of nitro groups is 2. The Morgan fingerprint density at radius 1 is 0.750 bits per heavy atom. The number of non-ortho nitro benzene ring substituents is 2. The number of rotatable bonds is 4. The summed E-state index contributed by atoms with van der Waals surface area (Å²) in [4.78, 5) is 34.0. The lowest BCUT2D eigenvalue weighted by molar-refractivity contribution is -0.389. The Morgan fingerprint density at radius 3 is 1.72 bits per heavy atom. The molecule has 1 aliphatic heterocycles. The third-order valence-electron chi connectivity index (χ3n) is 7.74. The maximum absolute atomic E-state index is 11.5. The summed E-state index contributed by atoms with van der Waals surface area (Å²) in [6.07, 6.45) is 5.24. The highest BCUT2D eigenvalue weighted by Gasteiger charge is 2.67. The second kappa shape index (κ2) is 6.81. The zero-order valence-corrected chi connectivity index (χ0v) is 17.2. The van der Waals surface area contributed by atoms with E-state index < -0.39 is 21.4 Å². The van der Waals surface area contributed by atoms with E-state index in [1.165, 1.54) is 30.7 Å². The minimum absolute atomic E-state index is 0.120. The van der Waals surface area contributed by atoms with Crippen LogP contribution in [-0.4, -0.2) is 15.6 Å². The Balaban J connectivity index is 1.49. The van der Waals surface area contributed by atoms with Gasteiger partial charge in [-0.05, 0) is 43.9 Å². The maximum atomic E-state index is 11.5. The first-order valence-corrected chi connectivity index (χ1v) is 11.0. The van der Waals surface area contributed by atoms with Crippen molar-refractivity contribution in [1.29, 1.82) is 0 Å². The van der Waals surface area contributed by atoms with Gasteiger partial charge in [-0.3, -0.25) is 20.2 Å². The smallest absolute Gasteiger partial charge is 0.269 e. The van der Waals surface area contributed by atoms with Crippen molar-refractivity contribution in [3.05, 3.63) is 79.9 Å². The highest BCUT2D eigenvalue weighted by Crippen LogP contribution is 2.64. The van der Waals surface area contributed by atoms with Crippen molar-refractivity contribution in [3.8, 4) is 0 Å². The van der Waals surface area contributed by atoms with Gasteiger partial charge >= 0.3 is 0 Å². The fourth-order valence-electron chi connectivity index (χ4n) is 6.56. The average Bonchev–Trinajstić information content (AvgIpc) is 3.20. The van der Waals surface area contributed by atoms with E-state index in [1.807, 2.05) is 0 Å². The predicted molar refractivity (Wildman–Crippen MR) is 110 cm³/mol. The normalized spacial score (nSPS) is 34.1. The molecule has 5 aliphatic rings. The molecule has 166 valence electrons.